The van der Waals surface area contributed by atoms with Gasteiger partial charge in [0.15, 0.2) is 4.33 Å². The third kappa shape index (κ3) is 5.46. The fraction of sp³-hybridized carbons (Fsp3) is 0. The molecule has 0 aliphatic heterocycles. The van der Waals surface area contributed by atoms with Crippen molar-refractivity contribution in [2.24, 2.45) is 0 Å². The Morgan fingerprint density at radius 2 is 1.55 bits per heavy atom. The van der Waals surface area contributed by atoms with Gasteiger partial charge in [-0.3, -0.25) is 0 Å². The van der Waals surface area contributed by atoms with Gasteiger partial charge in [-0.15, -0.1) is 22.8 Å². The Morgan fingerprint density at radius 3 is 1.64 bits per heavy atom. The summed E-state index contributed by atoms with van der Waals surface area (Å²) in [7, 11) is -5.27. The number of hydrogen-bond acceptors (Lipinski definition) is 7. The SMILES string of the molecule is O=[N+]([O-])OS(=O)(=O)[N+](=O)[O-].[KH]. The first-order valence-electron chi connectivity index (χ1n) is 1.60. The van der Waals surface area contributed by atoms with Crippen LogP contribution in [0.2, 0.25) is 0 Å². The molecule has 0 unspecified atom stereocenters. The molecule has 0 aromatic rings. The maximum absolute atomic E-state index is 9.78. The van der Waals surface area contributed by atoms with Gasteiger partial charge in [0.25, 0.3) is 0 Å². The standard InChI is InChI=1S/K.N2O7S.H/c;3-1(4)9-10(7,8)2(5)6;. The van der Waals surface area contributed by atoms with Gasteiger partial charge in [0.1, 0.15) is 0 Å². The van der Waals surface area contributed by atoms with Crippen LogP contribution in [0.1, 0.15) is 0 Å². The molecule has 0 amide bonds. The summed E-state index contributed by atoms with van der Waals surface area (Å²) in [5.41, 5.74) is 0. The van der Waals surface area contributed by atoms with Gasteiger partial charge in [-0.05, 0) is 0 Å². The second-order valence-corrected chi connectivity index (χ2v) is 2.25. The fourth-order valence-corrected chi connectivity index (χ4v) is 0.312. The molecule has 0 rings (SSSR count). The van der Waals surface area contributed by atoms with Crippen LogP contribution in [0, 0.1) is 20.2 Å². The topological polar surface area (TPSA) is 130 Å². The predicted molar refractivity (Wildman–Crippen MR) is 31.1 cm³/mol. The van der Waals surface area contributed by atoms with Gasteiger partial charge in [-0.1, -0.05) is 0 Å². The third-order valence-electron chi connectivity index (χ3n) is 0.338. The molecule has 0 saturated carbocycles. The predicted octanol–water partition coefficient (Wildman–Crippen LogP) is -1.93. The van der Waals surface area contributed by atoms with Crippen molar-refractivity contribution >= 4 is 61.7 Å². The molecule has 0 bridgehead atoms. The van der Waals surface area contributed by atoms with Crippen LogP contribution in [-0.2, 0) is 14.6 Å². The molecule has 0 radical (unpaired) electrons. The van der Waals surface area contributed by atoms with Gasteiger partial charge in [-0.25, -0.2) is 10.1 Å². The quantitative estimate of drug-likeness (QED) is 0.302. The summed E-state index contributed by atoms with van der Waals surface area (Å²) in [6, 6.07) is 0. The average Bonchev–Trinajstić information content (AvgIpc) is 1.60. The molecule has 0 aliphatic carbocycles. The van der Waals surface area contributed by atoms with Crippen LogP contribution in [0.15, 0.2) is 0 Å². The van der Waals surface area contributed by atoms with Crippen molar-refractivity contribution in [3.05, 3.63) is 20.2 Å². The first-order valence-corrected chi connectivity index (χ1v) is 2.96. The molecule has 0 saturated heterocycles. The Morgan fingerprint density at radius 1 is 1.18 bits per heavy atom. The summed E-state index contributed by atoms with van der Waals surface area (Å²) in [4.78, 5) is 18.6. The Kier molecular flexibility index (Phi) is 6.18. The van der Waals surface area contributed by atoms with E-state index in [4.69, 9.17) is 0 Å². The Hall–Kier alpha value is 0.186. The van der Waals surface area contributed by atoms with E-state index in [1.807, 2.05) is 0 Å². The molecule has 0 atom stereocenters. The molecular formula is HKN2O7S. The summed E-state index contributed by atoms with van der Waals surface area (Å²) in [5, 5.41) is 16.8. The number of hydrogen-bond donors (Lipinski definition) is 0. The second kappa shape index (κ2) is 4.94. The van der Waals surface area contributed by atoms with Gasteiger partial charge in [0.2, 0.25) is 0 Å². The maximum atomic E-state index is 9.78. The molecule has 11 heavy (non-hydrogen) atoms. The molecule has 60 valence electrons. The summed E-state index contributed by atoms with van der Waals surface area (Å²) < 4.78 is 20.3. The van der Waals surface area contributed by atoms with E-state index in [9.17, 15) is 28.6 Å². The number of nitro groups is 1. The van der Waals surface area contributed by atoms with Gasteiger partial charge >= 0.3 is 66.8 Å². The van der Waals surface area contributed by atoms with Crippen molar-refractivity contribution in [2.45, 2.75) is 0 Å². The van der Waals surface area contributed by atoms with Crippen molar-refractivity contribution in [1.82, 2.24) is 0 Å². The zero-order valence-corrected chi connectivity index (χ0v) is 4.98. The normalized spacial score (nSPS) is 9.45. The van der Waals surface area contributed by atoms with Gasteiger partial charge < -0.3 is 0 Å². The van der Waals surface area contributed by atoms with E-state index >= 15 is 0 Å². The molecule has 0 aromatic carbocycles. The molecular weight excluding hydrogens is 211 g/mol. The Labute approximate surface area is 103 Å². The molecule has 0 aromatic heterocycles. The van der Waals surface area contributed by atoms with Crippen molar-refractivity contribution in [1.29, 1.82) is 0 Å². The van der Waals surface area contributed by atoms with Crippen LogP contribution in [0.25, 0.3) is 0 Å². The molecule has 0 aliphatic rings. The van der Waals surface area contributed by atoms with E-state index in [1.54, 1.807) is 0 Å². The van der Waals surface area contributed by atoms with E-state index < -0.39 is 19.7 Å². The zero-order valence-electron chi connectivity index (χ0n) is 4.16. The van der Waals surface area contributed by atoms with Crippen molar-refractivity contribution in [3.63, 3.8) is 0 Å². The van der Waals surface area contributed by atoms with Crippen LogP contribution in [0.4, 0.5) is 0 Å². The Bertz CT molecular complexity index is 252. The van der Waals surface area contributed by atoms with Crippen LogP contribution in [0.5, 0.6) is 0 Å². The molecule has 0 spiro atoms. The van der Waals surface area contributed by atoms with Crippen molar-refractivity contribution in [2.75, 3.05) is 0 Å². The number of rotatable bonds is 3. The molecule has 0 N–H and O–H groups in total. The van der Waals surface area contributed by atoms with Crippen LogP contribution in [-0.4, -0.2) is 69.2 Å². The summed E-state index contributed by atoms with van der Waals surface area (Å²) in [5.74, 6) is 0. The van der Waals surface area contributed by atoms with E-state index in [0.29, 0.717) is 0 Å². The van der Waals surface area contributed by atoms with Gasteiger partial charge in [0.05, 0.1) is 0 Å². The molecule has 0 fully saturated rings. The van der Waals surface area contributed by atoms with Gasteiger partial charge in [0, 0.05) is 0 Å². The zero-order chi connectivity index (χ0) is 8.36. The van der Waals surface area contributed by atoms with Crippen LogP contribution >= 0.6 is 0 Å². The molecule has 0 heterocycles. The monoisotopic (exact) mass is 212 g/mol. The Balaban J connectivity index is 0. The summed E-state index contributed by atoms with van der Waals surface area (Å²) in [6.07, 6.45) is 0. The minimum atomic E-state index is -5.27. The summed E-state index contributed by atoms with van der Waals surface area (Å²) >= 11 is 0. The number of nitrogens with zero attached hydrogens (tertiary/aromatic N) is 2. The van der Waals surface area contributed by atoms with Crippen LogP contribution < -0.4 is 0 Å². The van der Waals surface area contributed by atoms with E-state index in [0.717, 1.165) is 0 Å². The average molecular weight is 212 g/mol. The first kappa shape index (κ1) is 13.8. The molecule has 9 nitrogen and oxygen atoms in total. The fourth-order valence-electron chi connectivity index (χ4n) is 0.104. The third-order valence-corrected chi connectivity index (χ3v) is 1.01. The molecule has 11 heteroatoms. The van der Waals surface area contributed by atoms with E-state index in [-0.39, 0.29) is 51.4 Å². The van der Waals surface area contributed by atoms with Crippen molar-refractivity contribution in [3.8, 4) is 0 Å². The van der Waals surface area contributed by atoms with Crippen LogP contribution in [0.3, 0.4) is 0 Å². The second-order valence-electron chi connectivity index (χ2n) is 0.949. The van der Waals surface area contributed by atoms with E-state index in [2.05, 4.69) is 4.28 Å². The van der Waals surface area contributed by atoms with Crippen molar-refractivity contribution < 1.29 is 22.1 Å². The summed E-state index contributed by atoms with van der Waals surface area (Å²) in [6.45, 7) is 0. The minimum absolute atomic E-state index is 0. The van der Waals surface area contributed by atoms with Gasteiger partial charge in [-0.2, -0.15) is 0 Å². The first-order chi connectivity index (χ1) is 4.36. The van der Waals surface area contributed by atoms with E-state index in [1.165, 1.54) is 0 Å².